The molecular formula is C51H44Cl2. The summed E-state index contributed by atoms with van der Waals surface area (Å²) >= 11 is 13.7. The van der Waals surface area contributed by atoms with Gasteiger partial charge in [0.15, 0.2) is 0 Å². The highest BCUT2D eigenvalue weighted by molar-refractivity contribution is 6.31. The molecule has 0 heterocycles. The third kappa shape index (κ3) is 6.43. The third-order valence-corrected chi connectivity index (χ3v) is 11.0. The van der Waals surface area contributed by atoms with Gasteiger partial charge in [0.05, 0.1) is 0 Å². The second kappa shape index (κ2) is 13.5. The second-order valence-electron chi connectivity index (χ2n) is 16.4. The van der Waals surface area contributed by atoms with Crippen LogP contribution in [0.3, 0.4) is 0 Å². The summed E-state index contributed by atoms with van der Waals surface area (Å²) in [7, 11) is 0. The van der Waals surface area contributed by atoms with E-state index in [1.807, 2.05) is 12.1 Å². The van der Waals surface area contributed by atoms with Gasteiger partial charge < -0.3 is 0 Å². The SMILES string of the molecule is CC(C)(C)c1cc2c(cc1-c1ccccc1)=Cc1c(C3=CC=CC3)c(-c3ccccc3)c(C(C)(C)C)c(=C(c3cccc(Cl)c3)c3cccc(Cl)c3)c1=2. The highest BCUT2D eigenvalue weighted by Gasteiger charge is 2.31. The molecule has 2 heteroatoms. The number of halogens is 2. The summed E-state index contributed by atoms with van der Waals surface area (Å²) in [5.41, 5.74) is 14.5. The Morgan fingerprint density at radius 2 is 1.21 bits per heavy atom. The Morgan fingerprint density at radius 1 is 0.604 bits per heavy atom. The van der Waals surface area contributed by atoms with Crippen molar-refractivity contribution in [3.8, 4) is 22.3 Å². The summed E-state index contributed by atoms with van der Waals surface area (Å²) in [6, 6.07) is 43.4. The van der Waals surface area contributed by atoms with Crippen LogP contribution in [0.5, 0.6) is 0 Å². The number of allylic oxidation sites excluding steroid dienone is 4. The van der Waals surface area contributed by atoms with E-state index in [-0.39, 0.29) is 10.8 Å². The van der Waals surface area contributed by atoms with Crippen LogP contribution >= 0.6 is 23.2 Å². The summed E-state index contributed by atoms with van der Waals surface area (Å²) in [4.78, 5) is 0. The van der Waals surface area contributed by atoms with Crippen molar-refractivity contribution in [2.45, 2.75) is 58.8 Å². The molecule has 6 aromatic rings. The van der Waals surface area contributed by atoms with Crippen LogP contribution in [0.15, 0.2) is 140 Å². The average Bonchev–Trinajstić information content (AvgIpc) is 3.79. The maximum Gasteiger partial charge on any atom is 0.0412 e. The van der Waals surface area contributed by atoms with Crippen LogP contribution in [0.4, 0.5) is 0 Å². The standard InChI is InChI=1S/C51H44Cl2/c1-50(2,3)43-31-41-37(29-40(43)32-17-9-7-10-18-32)30-42-45(33-21-13-14-22-33)46(34-19-11-8-12-20-34)49(51(4,5)6)48(47(41)42)44(35-23-15-25-38(52)27-35)36-24-16-26-39(53)28-36/h7-21,23-31H,22H2,1-6H3. The Labute approximate surface area is 323 Å². The first kappa shape index (κ1) is 35.2. The number of hydrogen-bond acceptors (Lipinski definition) is 0. The molecule has 8 rings (SSSR count). The van der Waals surface area contributed by atoms with Crippen molar-refractivity contribution in [1.82, 2.24) is 0 Å². The van der Waals surface area contributed by atoms with E-state index in [1.54, 1.807) is 0 Å². The van der Waals surface area contributed by atoms with Gasteiger partial charge in [-0.05, 0) is 147 Å². The van der Waals surface area contributed by atoms with Crippen LogP contribution in [-0.2, 0) is 10.8 Å². The fourth-order valence-electron chi connectivity index (χ4n) is 8.38. The van der Waals surface area contributed by atoms with E-state index in [9.17, 15) is 0 Å². The Bertz CT molecular complexity index is 2650. The summed E-state index contributed by atoms with van der Waals surface area (Å²) < 4.78 is 0. The molecule has 0 unspecified atom stereocenters. The van der Waals surface area contributed by atoms with Gasteiger partial charge in [0, 0.05) is 10.0 Å². The van der Waals surface area contributed by atoms with Gasteiger partial charge in [-0.1, -0.05) is 168 Å². The van der Waals surface area contributed by atoms with Crippen LogP contribution in [0, 0.1) is 10.4 Å². The van der Waals surface area contributed by atoms with Crippen molar-refractivity contribution in [3.05, 3.63) is 204 Å². The first-order valence-corrected chi connectivity index (χ1v) is 19.3. The molecule has 0 saturated heterocycles. The number of hydrogen-bond donors (Lipinski definition) is 0. The molecular weight excluding hydrogens is 683 g/mol. The first-order chi connectivity index (χ1) is 25.4. The zero-order chi connectivity index (χ0) is 37.1. The quantitative estimate of drug-likeness (QED) is 0.166. The van der Waals surface area contributed by atoms with Crippen molar-refractivity contribution >= 4 is 40.4 Å². The molecule has 0 nitrogen and oxygen atoms in total. The molecule has 0 amide bonds. The molecule has 0 saturated carbocycles. The zero-order valence-corrected chi connectivity index (χ0v) is 32.8. The molecule has 0 bridgehead atoms. The Hall–Kier alpha value is -4.88. The van der Waals surface area contributed by atoms with E-state index in [0.29, 0.717) is 10.0 Å². The average molecular weight is 728 g/mol. The lowest BCUT2D eigenvalue weighted by Gasteiger charge is -2.30. The fourth-order valence-corrected chi connectivity index (χ4v) is 8.76. The van der Waals surface area contributed by atoms with Crippen molar-refractivity contribution in [2.75, 3.05) is 0 Å². The van der Waals surface area contributed by atoms with Crippen molar-refractivity contribution in [2.24, 2.45) is 0 Å². The summed E-state index contributed by atoms with van der Waals surface area (Å²) in [6.07, 6.45) is 10.2. The molecule has 2 aliphatic carbocycles. The van der Waals surface area contributed by atoms with Gasteiger partial charge in [0.25, 0.3) is 0 Å². The van der Waals surface area contributed by atoms with Crippen LogP contribution in [0.1, 0.15) is 81.3 Å². The predicted molar refractivity (Wildman–Crippen MR) is 228 cm³/mol. The number of fused-ring (bicyclic) bond motifs is 2. The molecule has 53 heavy (non-hydrogen) atoms. The van der Waals surface area contributed by atoms with Crippen molar-refractivity contribution in [3.63, 3.8) is 0 Å². The summed E-state index contributed by atoms with van der Waals surface area (Å²) in [5, 5.41) is 6.41. The largest absolute Gasteiger partial charge is 0.0843 e. The molecule has 0 fully saturated rings. The highest BCUT2D eigenvalue weighted by atomic mass is 35.5. The zero-order valence-electron chi connectivity index (χ0n) is 31.3. The topological polar surface area (TPSA) is 0 Å². The van der Waals surface area contributed by atoms with E-state index in [1.165, 1.54) is 71.0 Å². The highest BCUT2D eigenvalue weighted by Crippen LogP contribution is 2.43. The lowest BCUT2D eigenvalue weighted by molar-refractivity contribution is 0.586. The van der Waals surface area contributed by atoms with E-state index in [2.05, 4.69) is 175 Å². The molecule has 0 N–H and O–H groups in total. The van der Waals surface area contributed by atoms with E-state index < -0.39 is 0 Å². The minimum absolute atomic E-state index is 0.104. The van der Waals surface area contributed by atoms with Gasteiger partial charge in [-0.2, -0.15) is 0 Å². The van der Waals surface area contributed by atoms with Crippen molar-refractivity contribution in [1.29, 1.82) is 0 Å². The molecule has 0 spiro atoms. The third-order valence-electron chi connectivity index (χ3n) is 10.6. The van der Waals surface area contributed by atoms with Gasteiger partial charge in [0.1, 0.15) is 0 Å². The van der Waals surface area contributed by atoms with Crippen LogP contribution < -0.4 is 10.4 Å². The second-order valence-corrected chi connectivity index (χ2v) is 17.2. The van der Waals surface area contributed by atoms with E-state index in [0.717, 1.165) is 23.1 Å². The Morgan fingerprint density at radius 3 is 1.74 bits per heavy atom. The monoisotopic (exact) mass is 726 g/mol. The summed E-state index contributed by atoms with van der Waals surface area (Å²) in [5.74, 6) is 0. The Kier molecular flexibility index (Phi) is 8.97. The minimum atomic E-state index is -0.265. The smallest absolute Gasteiger partial charge is 0.0412 e. The van der Waals surface area contributed by atoms with Gasteiger partial charge in [-0.3, -0.25) is 0 Å². The van der Waals surface area contributed by atoms with Crippen LogP contribution in [0.2, 0.25) is 10.0 Å². The van der Waals surface area contributed by atoms with Crippen LogP contribution in [-0.4, -0.2) is 0 Å². The van der Waals surface area contributed by atoms with Gasteiger partial charge in [-0.15, -0.1) is 0 Å². The predicted octanol–water partition coefficient (Wildman–Crippen LogP) is 12.9. The Balaban J connectivity index is 1.75. The van der Waals surface area contributed by atoms with Gasteiger partial charge >= 0.3 is 0 Å². The van der Waals surface area contributed by atoms with Gasteiger partial charge in [0.2, 0.25) is 0 Å². The normalized spacial score (nSPS) is 13.4. The van der Waals surface area contributed by atoms with E-state index >= 15 is 0 Å². The molecule has 0 atom stereocenters. The molecule has 262 valence electrons. The summed E-state index contributed by atoms with van der Waals surface area (Å²) in [6.45, 7) is 14.1. The molecule has 6 aromatic carbocycles. The molecule has 0 aliphatic heterocycles. The number of rotatable bonds is 5. The lowest BCUT2D eigenvalue weighted by Crippen LogP contribution is -2.30. The van der Waals surface area contributed by atoms with E-state index in [4.69, 9.17) is 23.2 Å². The molecule has 0 radical (unpaired) electrons. The maximum atomic E-state index is 6.85. The fraction of sp³-hybridized carbons (Fsp3) is 0.176. The van der Waals surface area contributed by atoms with Crippen molar-refractivity contribution < 1.29 is 0 Å². The first-order valence-electron chi connectivity index (χ1n) is 18.5. The lowest BCUT2D eigenvalue weighted by atomic mass is 9.73. The minimum Gasteiger partial charge on any atom is -0.0843 e. The maximum absolute atomic E-state index is 6.85. The van der Waals surface area contributed by atoms with Gasteiger partial charge in [-0.25, -0.2) is 0 Å². The molecule has 0 aromatic heterocycles. The molecule has 2 aliphatic rings. The van der Waals surface area contributed by atoms with Crippen LogP contribution in [0.25, 0.3) is 39.5 Å². The number of benzene rings is 6.